The van der Waals surface area contributed by atoms with E-state index < -0.39 is 0 Å². The van der Waals surface area contributed by atoms with Crippen LogP contribution >= 0.6 is 11.6 Å². The zero-order valence-corrected chi connectivity index (χ0v) is 12.7. The van der Waals surface area contributed by atoms with Gasteiger partial charge in [-0.15, -0.1) is 0 Å². The van der Waals surface area contributed by atoms with Crippen LogP contribution in [0.25, 0.3) is 0 Å². The third kappa shape index (κ3) is 6.39. The molecule has 0 heterocycles. The molecule has 1 rings (SSSR count). The summed E-state index contributed by atoms with van der Waals surface area (Å²) in [6.45, 7) is 11.6. The Bertz CT molecular complexity index is 369. The highest BCUT2D eigenvalue weighted by atomic mass is 35.5. The molecule has 0 saturated carbocycles. The van der Waals surface area contributed by atoms with Gasteiger partial charge in [0.1, 0.15) is 0 Å². The molecule has 1 aromatic carbocycles. The Morgan fingerprint density at radius 1 is 1.17 bits per heavy atom. The lowest BCUT2D eigenvalue weighted by Gasteiger charge is -2.20. The van der Waals surface area contributed by atoms with E-state index >= 15 is 0 Å². The summed E-state index contributed by atoms with van der Waals surface area (Å²) in [5.41, 5.74) is 2.65. The number of nitrogens with one attached hydrogen (secondary N) is 2. The number of benzene rings is 1. The maximum atomic E-state index is 6.00. The molecule has 1 aromatic rings. The van der Waals surface area contributed by atoms with E-state index in [-0.39, 0.29) is 5.54 Å². The van der Waals surface area contributed by atoms with Crippen molar-refractivity contribution < 1.29 is 0 Å². The standard InChI is InChI=1S/C15H25ClN2/c1-12-10-13(6-7-14(12)16)11-17-8-5-9-18-15(2,3)4/h6-7,10,17-18H,5,8-9,11H2,1-4H3. The molecule has 0 aliphatic rings. The lowest BCUT2D eigenvalue weighted by atomic mass is 10.1. The molecule has 0 aromatic heterocycles. The zero-order chi connectivity index (χ0) is 13.6. The number of rotatable bonds is 6. The van der Waals surface area contributed by atoms with Gasteiger partial charge in [-0.05, 0) is 64.4 Å². The maximum absolute atomic E-state index is 6.00. The molecule has 0 fully saturated rings. The molecule has 0 atom stereocenters. The Labute approximate surface area is 116 Å². The average Bonchev–Trinajstić information content (AvgIpc) is 2.26. The van der Waals surface area contributed by atoms with Gasteiger partial charge in [0.05, 0.1) is 0 Å². The Balaban J connectivity index is 2.16. The van der Waals surface area contributed by atoms with Gasteiger partial charge in [0, 0.05) is 17.1 Å². The van der Waals surface area contributed by atoms with E-state index in [1.165, 1.54) is 5.56 Å². The summed E-state index contributed by atoms with van der Waals surface area (Å²) >= 11 is 6.00. The average molecular weight is 269 g/mol. The van der Waals surface area contributed by atoms with Gasteiger partial charge >= 0.3 is 0 Å². The summed E-state index contributed by atoms with van der Waals surface area (Å²) < 4.78 is 0. The normalized spacial score (nSPS) is 11.8. The van der Waals surface area contributed by atoms with Crippen LogP contribution in [0.4, 0.5) is 0 Å². The molecule has 0 unspecified atom stereocenters. The van der Waals surface area contributed by atoms with E-state index in [9.17, 15) is 0 Å². The van der Waals surface area contributed by atoms with Crippen molar-refractivity contribution in [3.63, 3.8) is 0 Å². The van der Waals surface area contributed by atoms with E-state index in [2.05, 4.69) is 43.5 Å². The predicted octanol–water partition coefficient (Wildman–Crippen LogP) is 3.52. The fraction of sp³-hybridized carbons (Fsp3) is 0.600. The Kier molecular flexibility index (Phi) is 6.13. The van der Waals surface area contributed by atoms with Gasteiger partial charge in [-0.3, -0.25) is 0 Å². The number of hydrogen-bond donors (Lipinski definition) is 2. The van der Waals surface area contributed by atoms with E-state index in [0.29, 0.717) is 0 Å². The van der Waals surface area contributed by atoms with Crippen LogP contribution in [-0.4, -0.2) is 18.6 Å². The molecule has 0 saturated heterocycles. The first-order valence-electron chi connectivity index (χ1n) is 6.59. The minimum absolute atomic E-state index is 0.216. The number of hydrogen-bond acceptors (Lipinski definition) is 2. The second kappa shape index (κ2) is 7.13. The van der Waals surface area contributed by atoms with Crippen molar-refractivity contribution in [2.24, 2.45) is 0 Å². The van der Waals surface area contributed by atoms with Gasteiger partial charge < -0.3 is 10.6 Å². The smallest absolute Gasteiger partial charge is 0.0435 e. The summed E-state index contributed by atoms with van der Waals surface area (Å²) in [5.74, 6) is 0. The first-order chi connectivity index (χ1) is 8.38. The molecular formula is C15H25ClN2. The van der Waals surface area contributed by atoms with Crippen molar-refractivity contribution in [2.45, 2.75) is 46.2 Å². The van der Waals surface area contributed by atoms with Crippen molar-refractivity contribution >= 4 is 11.6 Å². The van der Waals surface area contributed by atoms with Crippen molar-refractivity contribution in [1.29, 1.82) is 0 Å². The monoisotopic (exact) mass is 268 g/mol. The van der Waals surface area contributed by atoms with Gasteiger partial charge in [0.15, 0.2) is 0 Å². The molecule has 2 N–H and O–H groups in total. The molecular weight excluding hydrogens is 244 g/mol. The lowest BCUT2D eigenvalue weighted by Crippen LogP contribution is -2.37. The summed E-state index contributed by atoms with van der Waals surface area (Å²) in [4.78, 5) is 0. The van der Waals surface area contributed by atoms with Crippen LogP contribution < -0.4 is 10.6 Å². The second-order valence-electron chi connectivity index (χ2n) is 5.79. The Morgan fingerprint density at radius 2 is 1.89 bits per heavy atom. The van der Waals surface area contributed by atoms with E-state index in [1.54, 1.807) is 0 Å². The van der Waals surface area contributed by atoms with Crippen LogP contribution in [-0.2, 0) is 6.54 Å². The lowest BCUT2D eigenvalue weighted by molar-refractivity contribution is 0.418. The van der Waals surface area contributed by atoms with Crippen LogP contribution in [0.15, 0.2) is 18.2 Å². The van der Waals surface area contributed by atoms with E-state index in [0.717, 1.165) is 36.6 Å². The second-order valence-corrected chi connectivity index (χ2v) is 6.20. The SMILES string of the molecule is Cc1cc(CNCCCNC(C)(C)C)ccc1Cl. The predicted molar refractivity (Wildman–Crippen MR) is 80.3 cm³/mol. The number of halogens is 1. The fourth-order valence-corrected chi connectivity index (χ4v) is 1.84. The molecule has 0 spiro atoms. The Hall–Kier alpha value is -0.570. The molecule has 0 aliphatic carbocycles. The van der Waals surface area contributed by atoms with E-state index in [1.807, 2.05) is 13.0 Å². The topological polar surface area (TPSA) is 24.1 Å². The van der Waals surface area contributed by atoms with Crippen molar-refractivity contribution in [3.05, 3.63) is 34.3 Å². The summed E-state index contributed by atoms with van der Waals surface area (Å²) in [6, 6.07) is 6.19. The largest absolute Gasteiger partial charge is 0.313 e. The van der Waals surface area contributed by atoms with Gasteiger partial charge in [0.25, 0.3) is 0 Å². The summed E-state index contributed by atoms with van der Waals surface area (Å²) in [7, 11) is 0. The van der Waals surface area contributed by atoms with Crippen LogP contribution in [0.1, 0.15) is 38.3 Å². The molecule has 102 valence electrons. The molecule has 2 nitrogen and oxygen atoms in total. The van der Waals surface area contributed by atoms with Crippen molar-refractivity contribution in [3.8, 4) is 0 Å². The quantitative estimate of drug-likeness (QED) is 0.772. The van der Waals surface area contributed by atoms with Crippen LogP contribution in [0.2, 0.25) is 5.02 Å². The van der Waals surface area contributed by atoms with Crippen molar-refractivity contribution in [1.82, 2.24) is 10.6 Å². The molecule has 18 heavy (non-hydrogen) atoms. The van der Waals surface area contributed by atoms with Crippen LogP contribution in [0.5, 0.6) is 0 Å². The molecule has 0 radical (unpaired) electrons. The van der Waals surface area contributed by atoms with Crippen molar-refractivity contribution in [2.75, 3.05) is 13.1 Å². The molecule has 3 heteroatoms. The highest BCUT2D eigenvalue weighted by Gasteiger charge is 2.06. The highest BCUT2D eigenvalue weighted by Crippen LogP contribution is 2.15. The molecule has 0 aliphatic heterocycles. The first kappa shape index (κ1) is 15.5. The van der Waals surface area contributed by atoms with Gasteiger partial charge in [-0.1, -0.05) is 23.7 Å². The number of aryl methyl sites for hydroxylation is 1. The Morgan fingerprint density at radius 3 is 2.50 bits per heavy atom. The van der Waals surface area contributed by atoms with Gasteiger partial charge in [0.2, 0.25) is 0 Å². The first-order valence-corrected chi connectivity index (χ1v) is 6.97. The van der Waals surface area contributed by atoms with Gasteiger partial charge in [-0.2, -0.15) is 0 Å². The minimum Gasteiger partial charge on any atom is -0.313 e. The third-order valence-electron chi connectivity index (χ3n) is 2.74. The minimum atomic E-state index is 0.216. The zero-order valence-electron chi connectivity index (χ0n) is 11.9. The summed E-state index contributed by atoms with van der Waals surface area (Å²) in [5, 5.41) is 7.77. The fourth-order valence-electron chi connectivity index (χ4n) is 1.73. The van der Waals surface area contributed by atoms with E-state index in [4.69, 9.17) is 11.6 Å². The third-order valence-corrected chi connectivity index (χ3v) is 3.16. The van der Waals surface area contributed by atoms with Crippen LogP contribution in [0, 0.1) is 6.92 Å². The molecule has 0 bridgehead atoms. The summed E-state index contributed by atoms with van der Waals surface area (Å²) in [6.07, 6.45) is 1.14. The maximum Gasteiger partial charge on any atom is 0.0435 e. The molecule has 0 amide bonds. The highest BCUT2D eigenvalue weighted by molar-refractivity contribution is 6.31. The van der Waals surface area contributed by atoms with Crippen LogP contribution in [0.3, 0.4) is 0 Å². The van der Waals surface area contributed by atoms with Gasteiger partial charge in [-0.25, -0.2) is 0 Å².